The minimum absolute atomic E-state index is 0.306. The maximum atomic E-state index is 8.30. The highest BCUT2D eigenvalue weighted by molar-refractivity contribution is 4.66. The van der Waals surface area contributed by atoms with Crippen molar-refractivity contribution in [2.75, 3.05) is 6.61 Å². The van der Waals surface area contributed by atoms with Crippen LogP contribution in [-0.4, -0.2) is 29.2 Å². The Bertz CT molecular complexity index is 58.0. The van der Waals surface area contributed by atoms with Crippen LogP contribution in [0.15, 0.2) is 0 Å². The monoisotopic (exact) mass is 104 g/mol. The Morgan fingerprint density at radius 2 is 2.14 bits per heavy atom. The molecule has 0 radical (unpaired) electrons. The van der Waals surface area contributed by atoms with Crippen molar-refractivity contribution in [1.29, 1.82) is 0 Å². The molecule has 1 saturated heterocycles. The number of aliphatic hydroxyl groups excluding tert-OH is 1. The molecule has 0 aliphatic carbocycles. The van der Waals surface area contributed by atoms with Gasteiger partial charge in [0.15, 0.2) is 6.29 Å². The normalized spacial score (nSPS) is 30.4. The van der Waals surface area contributed by atoms with Gasteiger partial charge in [-0.05, 0) is 0 Å². The summed E-state index contributed by atoms with van der Waals surface area (Å²) in [7, 11) is 0. The molecule has 0 saturated carbocycles. The third-order valence-electron chi connectivity index (χ3n) is 1.07. The van der Waals surface area contributed by atoms with Gasteiger partial charge < -0.3 is 14.9 Å². The van der Waals surface area contributed by atoms with Crippen molar-refractivity contribution in [2.45, 2.75) is 18.8 Å². The van der Waals surface area contributed by atoms with E-state index in [1.54, 1.807) is 0 Å². The van der Waals surface area contributed by atoms with Crippen LogP contribution in [-0.2, 0) is 4.74 Å². The molecular formula is C4H8O3. The molecule has 2 N–H and O–H groups in total. The molecule has 3 nitrogen and oxygen atoms in total. The Morgan fingerprint density at radius 3 is 2.14 bits per heavy atom. The molecule has 1 aliphatic heterocycles. The van der Waals surface area contributed by atoms with Crippen LogP contribution in [0.25, 0.3) is 0 Å². The van der Waals surface area contributed by atoms with Crippen LogP contribution >= 0.6 is 0 Å². The van der Waals surface area contributed by atoms with Gasteiger partial charge in [0.05, 0.1) is 0 Å². The maximum absolute atomic E-state index is 8.30. The molecule has 0 bridgehead atoms. The second-order valence-corrected chi connectivity index (χ2v) is 1.61. The smallest absolute Gasteiger partial charge is 0.178 e. The number of aliphatic hydroxyl groups is 2. The van der Waals surface area contributed by atoms with Crippen molar-refractivity contribution in [1.82, 2.24) is 0 Å². The van der Waals surface area contributed by atoms with Gasteiger partial charge in [0, 0.05) is 13.0 Å². The molecule has 1 atom stereocenters. The van der Waals surface area contributed by atoms with Gasteiger partial charge in [-0.25, -0.2) is 0 Å². The maximum Gasteiger partial charge on any atom is 0.178 e. The first-order chi connectivity index (χ1) is 3.30. The molecule has 42 valence electrons. The first-order valence-electron chi connectivity index (χ1n) is 2.28. The first-order valence-corrected chi connectivity index (χ1v) is 2.28. The SMILES string of the molecule is OC(O)C1CCO1. The van der Waals surface area contributed by atoms with Crippen molar-refractivity contribution in [3.8, 4) is 0 Å². The van der Waals surface area contributed by atoms with E-state index in [9.17, 15) is 0 Å². The molecule has 0 aromatic heterocycles. The summed E-state index contributed by atoms with van der Waals surface area (Å²) in [5.41, 5.74) is 0. The predicted molar refractivity (Wildman–Crippen MR) is 22.6 cm³/mol. The van der Waals surface area contributed by atoms with E-state index >= 15 is 0 Å². The van der Waals surface area contributed by atoms with Crippen molar-refractivity contribution in [3.05, 3.63) is 0 Å². The fourth-order valence-corrected chi connectivity index (χ4v) is 0.489. The van der Waals surface area contributed by atoms with Gasteiger partial charge in [-0.1, -0.05) is 0 Å². The lowest BCUT2D eigenvalue weighted by Gasteiger charge is -2.27. The fraction of sp³-hybridized carbons (Fsp3) is 1.00. The van der Waals surface area contributed by atoms with E-state index in [0.717, 1.165) is 6.42 Å². The molecule has 1 heterocycles. The number of hydrogen-bond donors (Lipinski definition) is 2. The van der Waals surface area contributed by atoms with Gasteiger partial charge in [0.2, 0.25) is 0 Å². The minimum Gasteiger partial charge on any atom is -0.373 e. The van der Waals surface area contributed by atoms with Gasteiger partial charge >= 0.3 is 0 Å². The third kappa shape index (κ3) is 0.907. The Hall–Kier alpha value is -0.120. The molecule has 0 aromatic carbocycles. The first kappa shape index (κ1) is 5.03. The van der Waals surface area contributed by atoms with E-state index in [0.29, 0.717) is 6.61 Å². The average Bonchev–Trinajstić information content (AvgIpc) is 1.23. The Kier molecular flexibility index (Phi) is 1.27. The summed E-state index contributed by atoms with van der Waals surface area (Å²) in [6, 6.07) is 0. The Labute approximate surface area is 41.5 Å². The third-order valence-corrected chi connectivity index (χ3v) is 1.07. The number of ether oxygens (including phenoxy) is 1. The van der Waals surface area contributed by atoms with E-state index in [4.69, 9.17) is 14.9 Å². The highest BCUT2D eigenvalue weighted by Gasteiger charge is 2.24. The molecule has 1 fully saturated rings. The van der Waals surface area contributed by atoms with E-state index in [1.807, 2.05) is 0 Å². The summed E-state index contributed by atoms with van der Waals surface area (Å²) in [6.07, 6.45) is -0.800. The van der Waals surface area contributed by atoms with Crippen LogP contribution in [0.2, 0.25) is 0 Å². The van der Waals surface area contributed by atoms with Crippen LogP contribution in [0, 0.1) is 0 Å². The van der Waals surface area contributed by atoms with Crippen molar-refractivity contribution < 1.29 is 14.9 Å². The molecule has 0 aromatic rings. The predicted octanol–water partition coefficient (Wildman–Crippen LogP) is -0.914. The molecule has 0 amide bonds. The molecule has 3 heteroatoms. The molecule has 1 rings (SSSR count). The van der Waals surface area contributed by atoms with Crippen LogP contribution in [0.5, 0.6) is 0 Å². The largest absolute Gasteiger partial charge is 0.373 e. The summed E-state index contributed by atoms with van der Waals surface area (Å²) in [5, 5.41) is 16.6. The van der Waals surface area contributed by atoms with Crippen molar-refractivity contribution in [3.63, 3.8) is 0 Å². The fourth-order valence-electron chi connectivity index (χ4n) is 0.489. The van der Waals surface area contributed by atoms with Crippen molar-refractivity contribution in [2.24, 2.45) is 0 Å². The molecular weight excluding hydrogens is 96.0 g/mol. The lowest BCUT2D eigenvalue weighted by molar-refractivity contribution is -0.194. The van der Waals surface area contributed by atoms with Crippen LogP contribution < -0.4 is 0 Å². The quantitative estimate of drug-likeness (QED) is 0.423. The van der Waals surface area contributed by atoms with Gasteiger partial charge in [0.25, 0.3) is 0 Å². The molecule has 1 unspecified atom stereocenters. The molecule has 0 spiro atoms. The second kappa shape index (κ2) is 1.78. The molecule has 1 aliphatic rings. The summed E-state index contributed by atoms with van der Waals surface area (Å²) >= 11 is 0. The summed E-state index contributed by atoms with van der Waals surface area (Å²) < 4.78 is 4.69. The van der Waals surface area contributed by atoms with Crippen LogP contribution in [0.3, 0.4) is 0 Å². The van der Waals surface area contributed by atoms with Crippen molar-refractivity contribution >= 4 is 0 Å². The Balaban J connectivity index is 2.14. The lowest BCUT2D eigenvalue weighted by atomic mass is 10.2. The van der Waals surface area contributed by atoms with E-state index in [1.165, 1.54) is 0 Å². The number of rotatable bonds is 1. The van der Waals surface area contributed by atoms with Crippen LogP contribution in [0.1, 0.15) is 6.42 Å². The van der Waals surface area contributed by atoms with Gasteiger partial charge in [0.1, 0.15) is 6.10 Å². The van der Waals surface area contributed by atoms with E-state index in [2.05, 4.69) is 0 Å². The Morgan fingerprint density at radius 1 is 1.57 bits per heavy atom. The summed E-state index contributed by atoms with van der Waals surface area (Å²) in [5.74, 6) is 0. The standard InChI is InChI=1S/C4H8O3/c5-4(6)3-1-2-7-3/h3-6H,1-2H2. The average molecular weight is 104 g/mol. The van der Waals surface area contributed by atoms with E-state index in [-0.39, 0.29) is 6.10 Å². The zero-order valence-electron chi connectivity index (χ0n) is 3.87. The minimum atomic E-state index is -1.27. The van der Waals surface area contributed by atoms with Gasteiger partial charge in [-0.15, -0.1) is 0 Å². The highest BCUT2D eigenvalue weighted by atomic mass is 16.6. The lowest BCUT2D eigenvalue weighted by Crippen LogP contribution is -2.37. The van der Waals surface area contributed by atoms with E-state index < -0.39 is 6.29 Å². The zero-order chi connectivity index (χ0) is 5.28. The van der Waals surface area contributed by atoms with Crippen LogP contribution in [0.4, 0.5) is 0 Å². The summed E-state index contributed by atoms with van der Waals surface area (Å²) in [4.78, 5) is 0. The van der Waals surface area contributed by atoms with Gasteiger partial charge in [-0.2, -0.15) is 0 Å². The zero-order valence-corrected chi connectivity index (χ0v) is 3.87. The topological polar surface area (TPSA) is 49.7 Å². The molecule has 7 heavy (non-hydrogen) atoms. The van der Waals surface area contributed by atoms with Gasteiger partial charge in [-0.3, -0.25) is 0 Å². The highest BCUT2D eigenvalue weighted by Crippen LogP contribution is 2.12. The second-order valence-electron chi connectivity index (χ2n) is 1.61. The summed E-state index contributed by atoms with van der Waals surface area (Å²) in [6.45, 7) is 0.669. The number of hydrogen-bond acceptors (Lipinski definition) is 3.